The summed E-state index contributed by atoms with van der Waals surface area (Å²) in [5.41, 5.74) is 6.45. The Balaban J connectivity index is 1.87. The van der Waals surface area contributed by atoms with Crippen molar-refractivity contribution >= 4 is 12.0 Å². The van der Waals surface area contributed by atoms with Crippen LogP contribution in [0.25, 0.3) is 6.08 Å². The highest BCUT2D eigenvalue weighted by atomic mass is 16.7. The van der Waals surface area contributed by atoms with E-state index in [-0.39, 0.29) is 19.2 Å². The second-order valence-electron chi connectivity index (χ2n) is 4.60. The molecule has 4 N–H and O–H groups in total. The zero-order valence-electron chi connectivity index (χ0n) is 11.2. The van der Waals surface area contributed by atoms with E-state index in [2.05, 4.69) is 5.32 Å². The first-order valence-electron chi connectivity index (χ1n) is 6.35. The molecule has 2 atom stereocenters. The summed E-state index contributed by atoms with van der Waals surface area (Å²) in [5.74, 6) is 1.11. The lowest BCUT2D eigenvalue weighted by Crippen LogP contribution is -2.43. The zero-order chi connectivity index (χ0) is 14.5. The molecule has 1 aromatic carbocycles. The number of amides is 1. The van der Waals surface area contributed by atoms with Crippen molar-refractivity contribution in [3.05, 3.63) is 29.8 Å². The van der Waals surface area contributed by atoms with Gasteiger partial charge in [0, 0.05) is 18.7 Å². The van der Waals surface area contributed by atoms with Gasteiger partial charge in [-0.1, -0.05) is 6.07 Å². The third kappa shape index (κ3) is 3.72. The van der Waals surface area contributed by atoms with Crippen molar-refractivity contribution in [2.45, 2.75) is 19.1 Å². The number of nitrogens with two attached hydrogens (primary N) is 1. The number of ether oxygens (including phenoxy) is 2. The van der Waals surface area contributed by atoms with Crippen LogP contribution in [0.2, 0.25) is 0 Å². The molecule has 0 bridgehead atoms. The molecule has 2 rings (SSSR count). The van der Waals surface area contributed by atoms with E-state index in [4.69, 9.17) is 15.2 Å². The number of fused-ring (bicyclic) bond motifs is 1. The van der Waals surface area contributed by atoms with Crippen LogP contribution in [-0.4, -0.2) is 36.5 Å². The molecule has 0 radical (unpaired) electrons. The smallest absolute Gasteiger partial charge is 0.244 e. The average Bonchev–Trinajstić information content (AvgIpc) is 2.89. The highest BCUT2D eigenvalue weighted by molar-refractivity contribution is 5.91. The molecule has 0 fully saturated rings. The van der Waals surface area contributed by atoms with Gasteiger partial charge in [0.15, 0.2) is 11.5 Å². The molecule has 1 heterocycles. The lowest BCUT2D eigenvalue weighted by atomic mass is 10.2. The Morgan fingerprint density at radius 2 is 2.25 bits per heavy atom. The molecule has 1 aliphatic rings. The van der Waals surface area contributed by atoms with Gasteiger partial charge in [-0.3, -0.25) is 4.79 Å². The number of carbonyl (C=O) groups is 1. The van der Waals surface area contributed by atoms with Crippen molar-refractivity contribution in [1.82, 2.24) is 5.32 Å². The summed E-state index contributed by atoms with van der Waals surface area (Å²) >= 11 is 0. The van der Waals surface area contributed by atoms with Crippen LogP contribution in [0.15, 0.2) is 24.3 Å². The Labute approximate surface area is 117 Å². The largest absolute Gasteiger partial charge is 0.454 e. The van der Waals surface area contributed by atoms with Gasteiger partial charge in [0.1, 0.15) is 0 Å². The van der Waals surface area contributed by atoms with Crippen molar-refractivity contribution in [2.24, 2.45) is 5.73 Å². The van der Waals surface area contributed by atoms with Crippen LogP contribution in [0, 0.1) is 0 Å². The molecule has 0 aliphatic carbocycles. The van der Waals surface area contributed by atoms with Gasteiger partial charge in [0.05, 0.1) is 6.10 Å². The number of aliphatic hydroxyl groups excluding tert-OH is 1. The summed E-state index contributed by atoms with van der Waals surface area (Å²) in [6, 6.07) is 4.95. The Kier molecular flexibility index (Phi) is 4.60. The van der Waals surface area contributed by atoms with Crippen LogP contribution in [0.3, 0.4) is 0 Å². The molecule has 20 heavy (non-hydrogen) atoms. The van der Waals surface area contributed by atoms with E-state index in [9.17, 15) is 9.90 Å². The van der Waals surface area contributed by atoms with Crippen molar-refractivity contribution < 1.29 is 19.4 Å². The fourth-order valence-corrected chi connectivity index (χ4v) is 1.64. The monoisotopic (exact) mass is 278 g/mol. The first kappa shape index (κ1) is 14.4. The van der Waals surface area contributed by atoms with Crippen LogP contribution in [0.4, 0.5) is 0 Å². The number of carbonyl (C=O) groups excluding carboxylic acids is 1. The van der Waals surface area contributed by atoms with Crippen LogP contribution in [0.5, 0.6) is 11.5 Å². The maximum absolute atomic E-state index is 11.6. The first-order valence-corrected chi connectivity index (χ1v) is 6.35. The number of aliphatic hydroxyl groups is 1. The molecule has 1 aromatic rings. The number of benzene rings is 1. The molecule has 1 amide bonds. The van der Waals surface area contributed by atoms with Gasteiger partial charge in [-0.05, 0) is 30.7 Å². The minimum absolute atomic E-state index is 0.222. The molecule has 6 nitrogen and oxygen atoms in total. The number of nitrogens with one attached hydrogen (secondary N) is 1. The minimum Gasteiger partial charge on any atom is -0.454 e. The number of hydrogen-bond donors (Lipinski definition) is 3. The Morgan fingerprint density at radius 1 is 1.50 bits per heavy atom. The van der Waals surface area contributed by atoms with E-state index in [1.807, 2.05) is 6.07 Å². The molecule has 1 aliphatic heterocycles. The van der Waals surface area contributed by atoms with E-state index in [0.29, 0.717) is 11.5 Å². The summed E-state index contributed by atoms with van der Waals surface area (Å²) in [5, 5.41) is 11.8. The average molecular weight is 278 g/mol. The standard InChI is InChI=1S/C14H18N2O4/c1-9(17)11(15)7-16-14(18)5-3-10-2-4-12-13(6-10)20-8-19-12/h2-6,9,11,17H,7-8,15H2,1H3,(H,16,18). The van der Waals surface area contributed by atoms with E-state index >= 15 is 0 Å². The van der Waals surface area contributed by atoms with Gasteiger partial charge in [0.2, 0.25) is 12.7 Å². The van der Waals surface area contributed by atoms with Gasteiger partial charge < -0.3 is 25.6 Å². The topological polar surface area (TPSA) is 93.8 Å². The van der Waals surface area contributed by atoms with E-state index in [1.54, 1.807) is 25.1 Å². The van der Waals surface area contributed by atoms with Gasteiger partial charge in [0.25, 0.3) is 0 Å². The highest BCUT2D eigenvalue weighted by Crippen LogP contribution is 2.32. The minimum atomic E-state index is -0.659. The van der Waals surface area contributed by atoms with E-state index in [1.165, 1.54) is 6.08 Å². The SMILES string of the molecule is CC(O)C(N)CNC(=O)C=Cc1ccc2c(c1)OCO2. The van der Waals surface area contributed by atoms with Crippen LogP contribution < -0.4 is 20.5 Å². The molecule has 6 heteroatoms. The van der Waals surface area contributed by atoms with Gasteiger partial charge in [-0.15, -0.1) is 0 Å². The summed E-state index contributed by atoms with van der Waals surface area (Å²) in [7, 11) is 0. The molecular weight excluding hydrogens is 260 g/mol. The second-order valence-corrected chi connectivity index (χ2v) is 4.60. The second kappa shape index (κ2) is 6.40. The Bertz CT molecular complexity index is 514. The maximum Gasteiger partial charge on any atom is 0.244 e. The molecular formula is C14H18N2O4. The van der Waals surface area contributed by atoms with Crippen LogP contribution in [0.1, 0.15) is 12.5 Å². The summed E-state index contributed by atoms with van der Waals surface area (Å²) in [4.78, 5) is 11.6. The lowest BCUT2D eigenvalue weighted by molar-refractivity contribution is -0.116. The van der Waals surface area contributed by atoms with Crippen molar-refractivity contribution in [3.63, 3.8) is 0 Å². The fourth-order valence-electron chi connectivity index (χ4n) is 1.64. The predicted molar refractivity (Wildman–Crippen MR) is 74.3 cm³/mol. The van der Waals surface area contributed by atoms with E-state index in [0.717, 1.165) is 5.56 Å². The van der Waals surface area contributed by atoms with Crippen molar-refractivity contribution in [2.75, 3.05) is 13.3 Å². The first-order chi connectivity index (χ1) is 9.56. The quantitative estimate of drug-likeness (QED) is 0.671. The molecule has 2 unspecified atom stereocenters. The summed E-state index contributed by atoms with van der Waals surface area (Å²) < 4.78 is 10.5. The number of rotatable bonds is 5. The van der Waals surface area contributed by atoms with Crippen LogP contribution in [-0.2, 0) is 4.79 Å². The van der Waals surface area contributed by atoms with E-state index < -0.39 is 12.1 Å². The zero-order valence-corrected chi connectivity index (χ0v) is 11.2. The van der Waals surface area contributed by atoms with Gasteiger partial charge in [-0.25, -0.2) is 0 Å². The summed E-state index contributed by atoms with van der Waals surface area (Å²) in [6.07, 6.45) is 2.42. The normalized spacial score (nSPS) is 16.1. The lowest BCUT2D eigenvalue weighted by Gasteiger charge is -2.14. The Hall–Kier alpha value is -2.05. The third-order valence-electron chi connectivity index (χ3n) is 2.96. The third-order valence-corrected chi connectivity index (χ3v) is 2.96. The molecule has 108 valence electrons. The van der Waals surface area contributed by atoms with Crippen molar-refractivity contribution in [1.29, 1.82) is 0 Å². The summed E-state index contributed by atoms with van der Waals surface area (Å²) in [6.45, 7) is 2.03. The Morgan fingerprint density at radius 3 is 3.00 bits per heavy atom. The fraction of sp³-hybridized carbons (Fsp3) is 0.357. The molecule has 0 aromatic heterocycles. The molecule has 0 spiro atoms. The predicted octanol–water partition coefficient (Wildman–Crippen LogP) is 0.253. The molecule has 0 saturated heterocycles. The molecule has 0 saturated carbocycles. The van der Waals surface area contributed by atoms with Crippen LogP contribution >= 0.6 is 0 Å². The van der Waals surface area contributed by atoms with Gasteiger partial charge in [-0.2, -0.15) is 0 Å². The van der Waals surface area contributed by atoms with Crippen molar-refractivity contribution in [3.8, 4) is 11.5 Å². The maximum atomic E-state index is 11.6. The highest BCUT2D eigenvalue weighted by Gasteiger charge is 2.12. The number of hydrogen-bond acceptors (Lipinski definition) is 5. The van der Waals surface area contributed by atoms with Gasteiger partial charge >= 0.3 is 0 Å².